The Morgan fingerprint density at radius 3 is 2.53 bits per heavy atom. The zero-order chi connectivity index (χ0) is 11.9. The molecule has 0 aromatic carbocycles. The van der Waals surface area contributed by atoms with Gasteiger partial charge in [-0.1, -0.05) is 6.42 Å². The average Bonchev–Trinajstić information content (AvgIpc) is 3.04. The Kier molecular flexibility index (Phi) is 2.61. The predicted molar refractivity (Wildman–Crippen MR) is 63.9 cm³/mol. The van der Waals surface area contributed by atoms with Crippen molar-refractivity contribution in [2.75, 3.05) is 0 Å². The lowest BCUT2D eigenvalue weighted by molar-refractivity contribution is -0.127. The van der Waals surface area contributed by atoms with E-state index in [9.17, 15) is 10.1 Å². The number of nitrogens with one attached hydrogen (secondary N) is 1. The summed E-state index contributed by atoms with van der Waals surface area (Å²) in [6.45, 7) is 0. The van der Waals surface area contributed by atoms with Crippen molar-refractivity contribution in [1.82, 2.24) is 5.32 Å². The second kappa shape index (κ2) is 4.01. The molecule has 2 bridgehead atoms. The van der Waals surface area contributed by atoms with E-state index in [1.54, 1.807) is 0 Å². The third-order valence-corrected chi connectivity index (χ3v) is 5.11. The molecule has 0 saturated heterocycles. The third kappa shape index (κ3) is 1.84. The number of nitriles is 1. The molecule has 92 valence electrons. The number of carbonyl (C=O) groups is 1. The van der Waals surface area contributed by atoms with Crippen molar-refractivity contribution in [3.63, 3.8) is 0 Å². The molecule has 3 atom stereocenters. The summed E-state index contributed by atoms with van der Waals surface area (Å²) in [7, 11) is 0. The van der Waals surface area contributed by atoms with Crippen LogP contribution in [0.1, 0.15) is 51.4 Å². The van der Waals surface area contributed by atoms with Crippen LogP contribution >= 0.6 is 0 Å². The first-order valence-corrected chi connectivity index (χ1v) is 6.96. The van der Waals surface area contributed by atoms with Crippen molar-refractivity contribution in [1.29, 1.82) is 5.26 Å². The monoisotopic (exact) mass is 232 g/mol. The highest BCUT2D eigenvalue weighted by Gasteiger charge is 2.45. The van der Waals surface area contributed by atoms with Gasteiger partial charge in [0.05, 0.1) is 6.07 Å². The Morgan fingerprint density at radius 2 is 2.00 bits per heavy atom. The molecule has 0 spiro atoms. The van der Waals surface area contributed by atoms with Crippen LogP contribution in [0.4, 0.5) is 0 Å². The maximum absolute atomic E-state index is 12.3. The molecule has 3 aliphatic carbocycles. The maximum Gasteiger partial charge on any atom is 0.224 e. The Morgan fingerprint density at radius 1 is 1.24 bits per heavy atom. The highest BCUT2D eigenvalue weighted by molar-refractivity contribution is 5.80. The van der Waals surface area contributed by atoms with Crippen LogP contribution in [0.5, 0.6) is 0 Å². The van der Waals surface area contributed by atoms with Crippen LogP contribution in [0.25, 0.3) is 0 Å². The van der Waals surface area contributed by atoms with Gasteiger partial charge in [0.15, 0.2) is 0 Å². The topological polar surface area (TPSA) is 52.9 Å². The van der Waals surface area contributed by atoms with Crippen molar-refractivity contribution < 1.29 is 4.79 Å². The van der Waals surface area contributed by atoms with Crippen molar-refractivity contribution in [3.8, 4) is 6.07 Å². The summed E-state index contributed by atoms with van der Waals surface area (Å²) >= 11 is 0. The molecule has 0 aromatic rings. The average molecular weight is 232 g/mol. The third-order valence-electron chi connectivity index (χ3n) is 5.11. The quantitative estimate of drug-likeness (QED) is 0.794. The van der Waals surface area contributed by atoms with E-state index in [1.165, 1.54) is 19.3 Å². The number of nitrogens with zero attached hydrogens (tertiary/aromatic N) is 1. The van der Waals surface area contributed by atoms with Crippen LogP contribution in [-0.2, 0) is 4.79 Å². The largest absolute Gasteiger partial charge is 0.338 e. The molecule has 0 aliphatic heterocycles. The number of rotatable bonds is 2. The molecule has 3 unspecified atom stereocenters. The van der Waals surface area contributed by atoms with Gasteiger partial charge in [-0.25, -0.2) is 0 Å². The summed E-state index contributed by atoms with van der Waals surface area (Å²) in [4.78, 5) is 12.3. The van der Waals surface area contributed by atoms with Crippen LogP contribution < -0.4 is 5.32 Å². The molecule has 0 aromatic heterocycles. The fourth-order valence-electron chi connectivity index (χ4n) is 4.14. The molecule has 3 aliphatic rings. The van der Waals surface area contributed by atoms with Gasteiger partial charge >= 0.3 is 0 Å². The zero-order valence-electron chi connectivity index (χ0n) is 10.2. The lowest BCUT2D eigenvalue weighted by atomic mass is 9.87. The standard InChI is InChI=1S/C14H20N2O/c15-9-14(5-1-2-6-14)16-13(17)12-8-10-3-4-11(12)7-10/h10-12H,1-8H2,(H,16,17). The summed E-state index contributed by atoms with van der Waals surface area (Å²) in [5.74, 6) is 1.77. The van der Waals surface area contributed by atoms with E-state index in [-0.39, 0.29) is 11.8 Å². The van der Waals surface area contributed by atoms with Gasteiger partial charge in [-0.05, 0) is 56.8 Å². The normalized spacial score (nSPS) is 37.9. The second-order valence-corrected chi connectivity index (χ2v) is 6.17. The lowest BCUT2D eigenvalue weighted by Gasteiger charge is -2.27. The molecule has 3 saturated carbocycles. The maximum atomic E-state index is 12.3. The van der Waals surface area contributed by atoms with E-state index >= 15 is 0 Å². The molecular formula is C14H20N2O. The summed E-state index contributed by atoms with van der Waals surface area (Å²) < 4.78 is 0. The molecule has 3 heteroatoms. The van der Waals surface area contributed by atoms with Gasteiger partial charge in [-0.3, -0.25) is 4.79 Å². The molecule has 0 radical (unpaired) electrons. The van der Waals surface area contributed by atoms with Gasteiger partial charge in [0, 0.05) is 5.92 Å². The van der Waals surface area contributed by atoms with Gasteiger partial charge in [0.1, 0.15) is 5.54 Å². The number of carbonyl (C=O) groups excluding carboxylic acids is 1. The van der Waals surface area contributed by atoms with Crippen LogP contribution in [0.3, 0.4) is 0 Å². The van der Waals surface area contributed by atoms with Gasteiger partial charge in [-0.15, -0.1) is 0 Å². The minimum absolute atomic E-state index is 0.167. The second-order valence-electron chi connectivity index (χ2n) is 6.17. The highest BCUT2D eigenvalue weighted by Crippen LogP contribution is 2.48. The first kappa shape index (κ1) is 11.1. The van der Waals surface area contributed by atoms with E-state index in [0.717, 1.165) is 38.0 Å². The summed E-state index contributed by atoms with van der Waals surface area (Å²) in [6, 6.07) is 2.34. The van der Waals surface area contributed by atoms with Gasteiger partial charge in [0.25, 0.3) is 0 Å². The Bertz CT molecular complexity index is 365. The van der Waals surface area contributed by atoms with Gasteiger partial charge in [-0.2, -0.15) is 5.26 Å². The van der Waals surface area contributed by atoms with Crippen LogP contribution in [0.15, 0.2) is 0 Å². The van der Waals surface area contributed by atoms with Crippen LogP contribution in [0.2, 0.25) is 0 Å². The van der Waals surface area contributed by atoms with Crippen molar-refractivity contribution in [2.24, 2.45) is 17.8 Å². The minimum atomic E-state index is -0.529. The van der Waals surface area contributed by atoms with Gasteiger partial charge in [0.2, 0.25) is 5.91 Å². The van der Waals surface area contributed by atoms with Gasteiger partial charge < -0.3 is 5.32 Å². The van der Waals surface area contributed by atoms with E-state index < -0.39 is 5.54 Å². The van der Waals surface area contributed by atoms with E-state index in [2.05, 4.69) is 11.4 Å². The molecule has 3 rings (SSSR count). The summed E-state index contributed by atoms with van der Waals surface area (Å²) in [5.41, 5.74) is -0.529. The smallest absolute Gasteiger partial charge is 0.224 e. The van der Waals surface area contributed by atoms with Crippen molar-refractivity contribution in [3.05, 3.63) is 0 Å². The molecule has 1 N–H and O–H groups in total. The number of hydrogen-bond acceptors (Lipinski definition) is 2. The summed E-state index contributed by atoms with van der Waals surface area (Å²) in [6.07, 6.45) is 8.69. The number of hydrogen-bond donors (Lipinski definition) is 1. The molecule has 1 amide bonds. The lowest BCUT2D eigenvalue weighted by Crippen LogP contribution is -2.48. The first-order valence-electron chi connectivity index (χ1n) is 6.96. The van der Waals surface area contributed by atoms with Crippen LogP contribution in [-0.4, -0.2) is 11.4 Å². The van der Waals surface area contributed by atoms with Crippen molar-refractivity contribution in [2.45, 2.75) is 56.9 Å². The molecule has 3 nitrogen and oxygen atoms in total. The van der Waals surface area contributed by atoms with E-state index in [0.29, 0.717) is 5.92 Å². The Hall–Kier alpha value is -1.04. The summed E-state index contributed by atoms with van der Waals surface area (Å²) in [5, 5.41) is 12.3. The zero-order valence-corrected chi connectivity index (χ0v) is 10.2. The molecule has 0 heterocycles. The van der Waals surface area contributed by atoms with E-state index in [4.69, 9.17) is 0 Å². The Labute approximate surface area is 103 Å². The first-order chi connectivity index (χ1) is 8.22. The van der Waals surface area contributed by atoms with Crippen molar-refractivity contribution >= 4 is 5.91 Å². The fourth-order valence-corrected chi connectivity index (χ4v) is 4.14. The molecule has 3 fully saturated rings. The number of fused-ring (bicyclic) bond motifs is 2. The minimum Gasteiger partial charge on any atom is -0.338 e. The SMILES string of the molecule is N#CC1(NC(=O)C2CC3CCC2C3)CCCC1. The fraction of sp³-hybridized carbons (Fsp3) is 0.857. The predicted octanol–water partition coefficient (Wildman–Crippen LogP) is 2.38. The highest BCUT2D eigenvalue weighted by atomic mass is 16.2. The number of amides is 1. The molecule has 17 heavy (non-hydrogen) atoms. The molecular weight excluding hydrogens is 212 g/mol. The Balaban J connectivity index is 1.65. The van der Waals surface area contributed by atoms with E-state index in [1.807, 2.05) is 0 Å². The van der Waals surface area contributed by atoms with Crippen LogP contribution in [0, 0.1) is 29.1 Å².